The second-order valence-corrected chi connectivity index (χ2v) is 15.1. The number of aliphatic hydroxyl groups excluding tert-OH is 1. The molecule has 0 aliphatic carbocycles. The van der Waals surface area contributed by atoms with E-state index in [-0.39, 0.29) is 55.9 Å². The molecule has 2 aromatic carbocycles. The molecule has 2 aliphatic heterocycles. The lowest BCUT2D eigenvalue weighted by Gasteiger charge is -2.35. The van der Waals surface area contributed by atoms with E-state index in [2.05, 4.69) is 21.3 Å². The van der Waals surface area contributed by atoms with Gasteiger partial charge in [-0.15, -0.1) is 0 Å². The topological polar surface area (TPSA) is 194 Å². The van der Waals surface area contributed by atoms with Crippen molar-refractivity contribution in [2.24, 2.45) is 11.3 Å². The number of methoxy groups -OCH3 is 1. The molecule has 2 heterocycles. The molecule has 50 heavy (non-hydrogen) atoms. The van der Waals surface area contributed by atoms with E-state index >= 15 is 0 Å². The van der Waals surface area contributed by atoms with Crippen LogP contribution in [0.3, 0.4) is 0 Å². The van der Waals surface area contributed by atoms with Gasteiger partial charge in [0.15, 0.2) is 6.29 Å². The van der Waals surface area contributed by atoms with E-state index in [0.29, 0.717) is 25.2 Å². The molecule has 0 aromatic heterocycles. The number of nitrogens with zero attached hydrogens (tertiary/aromatic N) is 1. The normalized spacial score (nSPS) is 20.0. The van der Waals surface area contributed by atoms with Gasteiger partial charge in [-0.1, -0.05) is 44.2 Å². The van der Waals surface area contributed by atoms with E-state index in [1.807, 2.05) is 44.2 Å². The number of alkyl carbamates (subject to hydrolysis) is 1. The van der Waals surface area contributed by atoms with E-state index in [4.69, 9.17) is 18.9 Å². The Morgan fingerprint density at radius 1 is 1.06 bits per heavy atom. The number of carbonyl (C=O) groups is 3. The maximum atomic E-state index is 14.2. The predicted octanol–water partition coefficient (Wildman–Crippen LogP) is 1.61. The Balaban J connectivity index is 1.51. The summed E-state index contributed by atoms with van der Waals surface area (Å²) in [5, 5.41) is 22.1. The van der Waals surface area contributed by atoms with E-state index in [0.717, 1.165) is 5.56 Å². The average Bonchev–Trinajstić information content (AvgIpc) is 3.72. The number of likely N-dealkylation sites (N-methyl/N-ethyl adjacent to an activating group) is 1. The minimum atomic E-state index is -4.18. The van der Waals surface area contributed by atoms with E-state index in [1.54, 1.807) is 0 Å². The molecule has 4 rings (SSSR count). The average molecular weight is 720 g/mol. The third-order valence-corrected chi connectivity index (χ3v) is 10.6. The maximum Gasteiger partial charge on any atom is 0.407 e. The fourth-order valence-corrected chi connectivity index (χ4v) is 7.53. The minimum absolute atomic E-state index is 0.00504. The van der Waals surface area contributed by atoms with Crippen molar-refractivity contribution in [3.8, 4) is 5.75 Å². The van der Waals surface area contributed by atoms with Gasteiger partial charge in [0, 0.05) is 26.7 Å². The Bertz CT molecular complexity index is 1530. The van der Waals surface area contributed by atoms with Gasteiger partial charge < -0.3 is 45.3 Å². The fraction of sp³-hybridized carbons (Fsp3) is 0.559. The first-order valence-corrected chi connectivity index (χ1v) is 18.0. The standard InChI is InChI=1S/C34H49N5O10S/c1-34(2,15-16-36-32(42)37-19-30(41)35-3)22-39(50(44,45)25-12-10-24(46-4)11-13-25)20-28(40)27(18-23-8-6-5-7-9-23)38-33(43)49-29-21-48-31-26(29)14-17-47-31/h5-13,26-29,31,40H,14-22H2,1-4H3,(H,35,41)(H,38,43)(H2,36,37,42)/t26-,27+,28+,29-,31+/m1/s1. The van der Waals surface area contributed by atoms with Gasteiger partial charge in [-0.25, -0.2) is 18.0 Å². The van der Waals surface area contributed by atoms with Crippen LogP contribution >= 0.6 is 0 Å². The number of urea groups is 1. The SMILES string of the molecule is CNC(=O)CNC(=O)NCCC(C)(C)CN(C[C@H](O)[C@H](Cc1ccccc1)NC(=O)O[C@@H]1CO[C@@H]2OCC[C@@H]21)S(=O)(=O)c1ccc(OC)cc1. The van der Waals surface area contributed by atoms with Gasteiger partial charge in [-0.2, -0.15) is 4.31 Å². The van der Waals surface area contributed by atoms with Gasteiger partial charge in [0.2, 0.25) is 15.9 Å². The zero-order chi connectivity index (χ0) is 36.3. The summed E-state index contributed by atoms with van der Waals surface area (Å²) in [5.74, 6) is 0.0452. The van der Waals surface area contributed by atoms with Crippen molar-refractivity contribution in [2.45, 2.75) is 62.5 Å². The number of fused-ring (bicyclic) bond motifs is 1. The number of carbonyl (C=O) groups excluding carboxylic acids is 3. The molecule has 4 amide bonds. The smallest absolute Gasteiger partial charge is 0.407 e. The van der Waals surface area contributed by atoms with Gasteiger partial charge in [0.25, 0.3) is 0 Å². The van der Waals surface area contributed by atoms with Crippen LogP contribution in [-0.4, -0.2) is 114 Å². The number of hydrogen-bond donors (Lipinski definition) is 5. The Labute approximate surface area is 293 Å². The molecule has 0 radical (unpaired) electrons. The Hall–Kier alpha value is -3.96. The monoisotopic (exact) mass is 719 g/mol. The fourth-order valence-electron chi connectivity index (χ4n) is 5.88. The Kier molecular flexibility index (Phi) is 13.8. The first-order chi connectivity index (χ1) is 23.8. The third kappa shape index (κ3) is 11.0. The molecule has 2 aliphatic rings. The molecule has 0 unspecified atom stereocenters. The van der Waals surface area contributed by atoms with Crippen molar-refractivity contribution < 1.29 is 46.9 Å². The molecule has 0 bridgehead atoms. The molecule has 0 spiro atoms. The van der Waals surface area contributed by atoms with E-state index < -0.39 is 52.1 Å². The number of aliphatic hydroxyl groups is 1. The summed E-state index contributed by atoms with van der Waals surface area (Å²) < 4.78 is 51.6. The van der Waals surface area contributed by atoms with Gasteiger partial charge >= 0.3 is 12.1 Å². The zero-order valence-electron chi connectivity index (χ0n) is 28.9. The molecular formula is C34H49N5O10S. The number of rotatable bonds is 17. The van der Waals surface area contributed by atoms with E-state index in [1.165, 1.54) is 42.7 Å². The lowest BCUT2D eigenvalue weighted by Crippen LogP contribution is -2.52. The molecule has 5 atom stereocenters. The Morgan fingerprint density at radius 2 is 1.78 bits per heavy atom. The van der Waals surface area contributed by atoms with Gasteiger partial charge in [-0.05, 0) is 54.5 Å². The highest BCUT2D eigenvalue weighted by Gasteiger charge is 2.44. The van der Waals surface area contributed by atoms with Crippen LogP contribution in [0.4, 0.5) is 9.59 Å². The second kappa shape index (κ2) is 17.8. The van der Waals surface area contributed by atoms with Gasteiger partial charge in [0.05, 0.1) is 49.8 Å². The highest BCUT2D eigenvalue weighted by molar-refractivity contribution is 7.89. The van der Waals surface area contributed by atoms with Crippen LogP contribution < -0.4 is 26.0 Å². The van der Waals surface area contributed by atoms with Crippen LogP contribution in [0.1, 0.15) is 32.3 Å². The van der Waals surface area contributed by atoms with Crippen molar-refractivity contribution >= 4 is 28.1 Å². The highest BCUT2D eigenvalue weighted by Crippen LogP contribution is 2.33. The molecular weight excluding hydrogens is 670 g/mol. The van der Waals surface area contributed by atoms with Crippen LogP contribution in [0.15, 0.2) is 59.5 Å². The lowest BCUT2D eigenvalue weighted by molar-refractivity contribution is -0.119. The number of hydrogen-bond acceptors (Lipinski definition) is 10. The van der Waals surface area contributed by atoms with Crippen LogP contribution in [0.5, 0.6) is 5.75 Å². The Morgan fingerprint density at radius 3 is 2.46 bits per heavy atom. The number of nitrogens with one attached hydrogen (secondary N) is 4. The molecule has 15 nitrogen and oxygen atoms in total. The lowest BCUT2D eigenvalue weighted by atomic mass is 9.89. The first-order valence-electron chi connectivity index (χ1n) is 16.6. The minimum Gasteiger partial charge on any atom is -0.497 e. The van der Waals surface area contributed by atoms with Crippen LogP contribution in [-0.2, 0) is 35.4 Å². The summed E-state index contributed by atoms with van der Waals surface area (Å²) in [5.41, 5.74) is 0.118. The second-order valence-electron chi connectivity index (χ2n) is 13.1. The molecule has 2 aromatic rings. The van der Waals surface area contributed by atoms with Gasteiger partial charge in [-0.3, -0.25) is 4.79 Å². The number of benzene rings is 2. The number of ether oxygens (including phenoxy) is 4. The first kappa shape index (κ1) is 38.8. The highest BCUT2D eigenvalue weighted by atomic mass is 32.2. The van der Waals surface area contributed by atoms with Crippen LogP contribution in [0.2, 0.25) is 0 Å². The molecule has 0 saturated carbocycles. The van der Waals surface area contributed by atoms with Crippen molar-refractivity contribution in [3.63, 3.8) is 0 Å². The van der Waals surface area contributed by atoms with E-state index in [9.17, 15) is 27.9 Å². The molecule has 276 valence electrons. The molecule has 16 heteroatoms. The summed E-state index contributed by atoms with van der Waals surface area (Å²) in [6, 6.07) is 13.7. The summed E-state index contributed by atoms with van der Waals surface area (Å²) in [6.45, 7) is 4.01. The predicted molar refractivity (Wildman–Crippen MR) is 183 cm³/mol. The quantitative estimate of drug-likeness (QED) is 0.160. The summed E-state index contributed by atoms with van der Waals surface area (Å²) >= 11 is 0. The molecule has 2 fully saturated rings. The molecule has 5 N–H and O–H groups in total. The molecule has 2 saturated heterocycles. The van der Waals surface area contributed by atoms with Crippen molar-refractivity contribution in [3.05, 3.63) is 60.2 Å². The number of amides is 4. The third-order valence-electron chi connectivity index (χ3n) is 8.78. The number of sulfonamides is 1. The summed E-state index contributed by atoms with van der Waals surface area (Å²) in [4.78, 5) is 36.8. The van der Waals surface area contributed by atoms with Crippen LogP contribution in [0.25, 0.3) is 0 Å². The summed E-state index contributed by atoms with van der Waals surface area (Å²) in [6.07, 6.45) is -1.78. The van der Waals surface area contributed by atoms with Crippen molar-refractivity contribution in [2.75, 3.05) is 53.6 Å². The largest absolute Gasteiger partial charge is 0.497 e. The van der Waals surface area contributed by atoms with Gasteiger partial charge in [0.1, 0.15) is 11.9 Å². The van der Waals surface area contributed by atoms with Crippen molar-refractivity contribution in [1.29, 1.82) is 0 Å². The van der Waals surface area contributed by atoms with Crippen LogP contribution in [0, 0.1) is 11.3 Å². The zero-order valence-corrected chi connectivity index (χ0v) is 29.7. The maximum absolute atomic E-state index is 14.2. The van der Waals surface area contributed by atoms with Crippen molar-refractivity contribution in [1.82, 2.24) is 25.6 Å². The summed E-state index contributed by atoms with van der Waals surface area (Å²) in [7, 11) is -1.24.